The number of rotatable bonds is 10. The van der Waals surface area contributed by atoms with Crippen LogP contribution in [0.4, 0.5) is 13.2 Å². The van der Waals surface area contributed by atoms with Gasteiger partial charge in [-0.05, 0) is 74.7 Å². The van der Waals surface area contributed by atoms with Crippen LogP contribution in [0.5, 0.6) is 5.75 Å². The van der Waals surface area contributed by atoms with E-state index in [-0.39, 0.29) is 43.0 Å². The van der Waals surface area contributed by atoms with Crippen molar-refractivity contribution in [2.75, 3.05) is 32.8 Å². The molecule has 2 aromatic carbocycles. The summed E-state index contributed by atoms with van der Waals surface area (Å²) in [6, 6.07) is 12.9. The summed E-state index contributed by atoms with van der Waals surface area (Å²) in [4.78, 5) is 2.47. The maximum Gasteiger partial charge on any atom is 0.416 e. The summed E-state index contributed by atoms with van der Waals surface area (Å²) in [6.07, 6.45) is 0.528. The predicted molar refractivity (Wildman–Crippen MR) is 139 cm³/mol. The van der Waals surface area contributed by atoms with Crippen LogP contribution in [0.1, 0.15) is 55.4 Å². The Kier molecular flexibility index (Phi) is 14.0. The van der Waals surface area contributed by atoms with Gasteiger partial charge >= 0.3 is 6.18 Å². The molecule has 1 aliphatic heterocycles. The quantitative estimate of drug-likeness (QED) is 0.387. The van der Waals surface area contributed by atoms with Crippen LogP contribution >= 0.6 is 24.8 Å². The summed E-state index contributed by atoms with van der Waals surface area (Å²) in [7, 11) is 0. The van der Waals surface area contributed by atoms with Crippen LogP contribution < -0.4 is 10.1 Å². The van der Waals surface area contributed by atoms with Gasteiger partial charge < -0.3 is 15.2 Å². The van der Waals surface area contributed by atoms with Crippen LogP contribution in [0.2, 0.25) is 0 Å². The van der Waals surface area contributed by atoms with Crippen molar-refractivity contribution < 1.29 is 23.0 Å². The van der Waals surface area contributed by atoms with E-state index in [2.05, 4.69) is 10.2 Å². The highest BCUT2D eigenvalue weighted by atomic mass is 35.5. The van der Waals surface area contributed by atoms with Crippen molar-refractivity contribution in [2.24, 2.45) is 0 Å². The summed E-state index contributed by atoms with van der Waals surface area (Å²) in [5, 5.41) is 13.5. The standard InChI is InChI=1S/C26H35F3N2O2.2ClH/c1-20(30-19-25(32)22-7-6-8-23(18-22)26(27,28)29)17-21-9-11-24(12-10-21)33-16-15-31-13-4-2-3-5-14-31;;/h6-12,18,20,25,30,32H,2-5,13-17,19H2,1H3;2*1H. The average Bonchev–Trinajstić information content (AvgIpc) is 3.07. The van der Waals surface area contributed by atoms with E-state index in [9.17, 15) is 18.3 Å². The van der Waals surface area contributed by atoms with Gasteiger partial charge in [0.25, 0.3) is 0 Å². The van der Waals surface area contributed by atoms with Crippen molar-refractivity contribution in [3.05, 3.63) is 65.2 Å². The molecule has 1 heterocycles. The highest BCUT2D eigenvalue weighted by Gasteiger charge is 2.30. The SMILES string of the molecule is CC(Cc1ccc(OCCN2CCCCCC2)cc1)NCC(O)c1cccc(C(F)(F)F)c1.Cl.Cl. The van der Waals surface area contributed by atoms with Gasteiger partial charge in [-0.3, -0.25) is 4.90 Å². The van der Waals surface area contributed by atoms with E-state index in [0.717, 1.165) is 49.5 Å². The maximum atomic E-state index is 12.9. The number of nitrogens with one attached hydrogen (secondary N) is 1. The van der Waals surface area contributed by atoms with Gasteiger partial charge in [-0.15, -0.1) is 24.8 Å². The summed E-state index contributed by atoms with van der Waals surface area (Å²) in [5.74, 6) is 0.856. The van der Waals surface area contributed by atoms with Gasteiger partial charge in [0, 0.05) is 19.1 Å². The second-order valence-electron chi connectivity index (χ2n) is 8.90. The molecule has 0 amide bonds. The molecule has 1 fully saturated rings. The Balaban J connectivity index is 0.00000306. The third-order valence-corrected chi connectivity index (χ3v) is 6.10. The van der Waals surface area contributed by atoms with Crippen LogP contribution in [-0.4, -0.2) is 48.8 Å². The number of nitrogens with zero attached hydrogens (tertiary/aromatic N) is 1. The minimum Gasteiger partial charge on any atom is -0.492 e. The number of hydrogen-bond acceptors (Lipinski definition) is 4. The molecular weight excluding hydrogens is 500 g/mol. The first-order valence-electron chi connectivity index (χ1n) is 11.8. The van der Waals surface area contributed by atoms with Crippen molar-refractivity contribution in [3.63, 3.8) is 0 Å². The molecule has 0 bridgehead atoms. The van der Waals surface area contributed by atoms with Crippen LogP contribution in [0, 0.1) is 0 Å². The molecule has 2 N–H and O–H groups in total. The Labute approximate surface area is 219 Å². The molecule has 2 unspecified atom stereocenters. The monoisotopic (exact) mass is 536 g/mol. The molecule has 0 aromatic heterocycles. The fraction of sp³-hybridized carbons (Fsp3) is 0.538. The Bertz CT molecular complexity index is 845. The van der Waals surface area contributed by atoms with Crippen LogP contribution in [-0.2, 0) is 12.6 Å². The first-order chi connectivity index (χ1) is 15.8. The van der Waals surface area contributed by atoms with Crippen molar-refractivity contribution >= 4 is 24.8 Å². The Morgan fingerprint density at radius 3 is 2.29 bits per heavy atom. The van der Waals surface area contributed by atoms with Crippen LogP contribution in [0.15, 0.2) is 48.5 Å². The van der Waals surface area contributed by atoms with E-state index in [4.69, 9.17) is 4.74 Å². The van der Waals surface area contributed by atoms with Gasteiger partial charge in [0.1, 0.15) is 12.4 Å². The predicted octanol–water partition coefficient (Wildman–Crippen LogP) is 6.06. The Morgan fingerprint density at radius 2 is 1.66 bits per heavy atom. The van der Waals surface area contributed by atoms with Gasteiger partial charge in [0.2, 0.25) is 0 Å². The van der Waals surface area contributed by atoms with E-state index in [0.29, 0.717) is 6.61 Å². The van der Waals surface area contributed by atoms with Crippen LogP contribution in [0.3, 0.4) is 0 Å². The number of hydrogen-bond donors (Lipinski definition) is 2. The molecule has 2 aromatic rings. The van der Waals surface area contributed by atoms with E-state index >= 15 is 0 Å². The zero-order valence-electron chi connectivity index (χ0n) is 20.1. The first-order valence-corrected chi connectivity index (χ1v) is 11.8. The minimum absolute atomic E-state index is 0. The number of ether oxygens (including phenoxy) is 1. The average molecular weight is 537 g/mol. The topological polar surface area (TPSA) is 44.7 Å². The summed E-state index contributed by atoms with van der Waals surface area (Å²) >= 11 is 0. The number of aliphatic hydroxyl groups excluding tert-OH is 1. The molecular formula is C26H37Cl2F3N2O2. The fourth-order valence-electron chi connectivity index (χ4n) is 4.15. The second-order valence-corrected chi connectivity index (χ2v) is 8.90. The zero-order chi connectivity index (χ0) is 23.7. The molecule has 4 nitrogen and oxygen atoms in total. The van der Waals surface area contributed by atoms with Gasteiger partial charge in [-0.25, -0.2) is 0 Å². The van der Waals surface area contributed by atoms with E-state index < -0.39 is 17.8 Å². The van der Waals surface area contributed by atoms with Gasteiger partial charge in [-0.1, -0.05) is 37.1 Å². The lowest BCUT2D eigenvalue weighted by atomic mass is 10.0. The highest BCUT2D eigenvalue weighted by Crippen LogP contribution is 2.30. The van der Waals surface area contributed by atoms with Crippen molar-refractivity contribution in [3.8, 4) is 5.75 Å². The second kappa shape index (κ2) is 15.6. The van der Waals surface area contributed by atoms with Crippen LogP contribution in [0.25, 0.3) is 0 Å². The zero-order valence-corrected chi connectivity index (χ0v) is 21.7. The lowest BCUT2D eigenvalue weighted by Gasteiger charge is -2.20. The molecule has 0 spiro atoms. The summed E-state index contributed by atoms with van der Waals surface area (Å²) in [6.45, 7) is 6.14. The number of alkyl halides is 3. The van der Waals surface area contributed by atoms with E-state index in [1.54, 1.807) is 0 Å². The van der Waals surface area contributed by atoms with E-state index in [1.165, 1.54) is 37.8 Å². The largest absolute Gasteiger partial charge is 0.492 e. The number of benzene rings is 2. The van der Waals surface area contributed by atoms with Gasteiger partial charge in [0.15, 0.2) is 0 Å². The fourth-order valence-corrected chi connectivity index (χ4v) is 4.15. The molecule has 198 valence electrons. The van der Waals surface area contributed by atoms with Gasteiger partial charge in [0.05, 0.1) is 11.7 Å². The molecule has 1 aliphatic rings. The lowest BCUT2D eigenvalue weighted by Crippen LogP contribution is -2.32. The molecule has 1 saturated heterocycles. The van der Waals surface area contributed by atoms with Crippen molar-refractivity contribution in [1.82, 2.24) is 10.2 Å². The molecule has 9 heteroatoms. The molecule has 0 radical (unpaired) electrons. The molecule has 35 heavy (non-hydrogen) atoms. The normalized spacial score (nSPS) is 16.4. The number of aliphatic hydroxyl groups is 1. The molecule has 0 aliphatic carbocycles. The van der Waals surface area contributed by atoms with Crippen molar-refractivity contribution in [1.29, 1.82) is 0 Å². The van der Waals surface area contributed by atoms with Crippen molar-refractivity contribution in [2.45, 2.75) is 57.3 Å². The van der Waals surface area contributed by atoms with E-state index in [1.807, 2.05) is 31.2 Å². The summed E-state index contributed by atoms with van der Waals surface area (Å²) in [5.41, 5.74) is 0.635. The number of halogens is 5. The minimum atomic E-state index is -4.42. The molecule has 3 rings (SSSR count). The highest BCUT2D eigenvalue weighted by molar-refractivity contribution is 5.85. The first kappa shape index (κ1) is 31.5. The maximum absolute atomic E-state index is 12.9. The Morgan fingerprint density at radius 1 is 1.00 bits per heavy atom. The van der Waals surface area contributed by atoms with Gasteiger partial charge in [-0.2, -0.15) is 13.2 Å². The number of likely N-dealkylation sites (tertiary alicyclic amines) is 1. The smallest absolute Gasteiger partial charge is 0.416 e. The lowest BCUT2D eigenvalue weighted by molar-refractivity contribution is -0.137. The molecule has 2 atom stereocenters. The molecule has 0 saturated carbocycles. The Hall–Kier alpha value is -1.51. The summed E-state index contributed by atoms with van der Waals surface area (Å²) < 4.78 is 44.5. The third kappa shape index (κ3) is 11.0. The third-order valence-electron chi connectivity index (χ3n) is 6.10.